The monoisotopic (exact) mass is 578 g/mol. The van der Waals surface area contributed by atoms with Crippen molar-refractivity contribution in [2.24, 2.45) is 11.8 Å². The van der Waals surface area contributed by atoms with Crippen molar-refractivity contribution in [2.75, 3.05) is 13.2 Å². The molecule has 0 amide bonds. The van der Waals surface area contributed by atoms with Crippen LogP contribution in [0, 0.1) is 11.8 Å². The lowest BCUT2D eigenvalue weighted by Gasteiger charge is -2.28. The van der Waals surface area contributed by atoms with Gasteiger partial charge in [0.1, 0.15) is 0 Å². The van der Waals surface area contributed by atoms with Crippen LogP contribution in [0.15, 0.2) is 48.5 Å². The van der Waals surface area contributed by atoms with E-state index in [2.05, 4.69) is 31.2 Å². The number of hydrogen-bond donors (Lipinski definition) is 0. The van der Waals surface area contributed by atoms with E-state index in [1.54, 1.807) is 13.8 Å². The van der Waals surface area contributed by atoms with E-state index in [4.69, 9.17) is 18.9 Å². The summed E-state index contributed by atoms with van der Waals surface area (Å²) >= 11 is 0. The quantitative estimate of drug-likeness (QED) is 0.156. The molecule has 4 rings (SSSR count). The van der Waals surface area contributed by atoms with E-state index >= 15 is 0 Å². The van der Waals surface area contributed by atoms with Gasteiger partial charge < -0.3 is 18.9 Å². The summed E-state index contributed by atoms with van der Waals surface area (Å²) in [6, 6.07) is 16.7. The van der Waals surface area contributed by atoms with Crippen molar-refractivity contribution in [1.29, 1.82) is 0 Å². The summed E-state index contributed by atoms with van der Waals surface area (Å²) in [5, 5.41) is 0. The predicted octanol–water partition coefficient (Wildman–Crippen LogP) is 8.36. The van der Waals surface area contributed by atoms with Gasteiger partial charge >= 0.3 is 11.9 Å². The fraction of sp³-hybridized carbons (Fsp3) is 0.611. The standard InChI is InChI=1S/C36H50O6/c1-4-7-8-11-26-14-16-27(17-15-26)12-9-10-13-28-18-20-29(21-19-28)30-22-24-31(25-23-30)36-41-32(34(37)39-5-2)33(42-36)35(38)40-6-3/h18-27,32-33,36H,4-17H2,1-3H3. The highest BCUT2D eigenvalue weighted by atomic mass is 16.8. The van der Waals surface area contributed by atoms with Crippen LogP contribution in [0.5, 0.6) is 0 Å². The van der Waals surface area contributed by atoms with Crippen LogP contribution >= 0.6 is 0 Å². The molecule has 1 saturated heterocycles. The molecule has 6 heteroatoms. The average Bonchev–Trinajstić information content (AvgIpc) is 3.47. The summed E-state index contributed by atoms with van der Waals surface area (Å²) in [6.45, 7) is 6.08. The molecule has 2 aromatic rings. The fourth-order valence-electron chi connectivity index (χ4n) is 6.36. The van der Waals surface area contributed by atoms with Gasteiger partial charge in [-0.1, -0.05) is 120 Å². The van der Waals surface area contributed by atoms with Crippen molar-refractivity contribution in [1.82, 2.24) is 0 Å². The maximum Gasteiger partial charge on any atom is 0.338 e. The number of esters is 2. The first-order valence-electron chi connectivity index (χ1n) is 16.4. The zero-order valence-corrected chi connectivity index (χ0v) is 25.9. The number of aryl methyl sites for hydroxylation is 1. The highest BCUT2D eigenvalue weighted by molar-refractivity contribution is 5.86. The third-order valence-corrected chi connectivity index (χ3v) is 8.83. The Bertz CT molecular complexity index is 1060. The molecule has 2 fully saturated rings. The van der Waals surface area contributed by atoms with E-state index < -0.39 is 30.4 Å². The summed E-state index contributed by atoms with van der Waals surface area (Å²) < 4.78 is 21.8. The summed E-state index contributed by atoms with van der Waals surface area (Å²) in [7, 11) is 0. The topological polar surface area (TPSA) is 71.1 Å². The molecule has 2 aliphatic rings. The normalized spacial score (nSPS) is 23.9. The number of carbonyl (C=O) groups excluding carboxylic acids is 2. The van der Waals surface area contributed by atoms with E-state index in [0.29, 0.717) is 0 Å². The molecule has 0 radical (unpaired) electrons. The van der Waals surface area contributed by atoms with E-state index in [9.17, 15) is 9.59 Å². The van der Waals surface area contributed by atoms with Crippen LogP contribution in [0.25, 0.3) is 11.1 Å². The molecular formula is C36H50O6. The lowest BCUT2D eigenvalue weighted by Crippen LogP contribution is -2.39. The highest BCUT2D eigenvalue weighted by Gasteiger charge is 2.47. The first-order valence-corrected chi connectivity index (χ1v) is 16.4. The summed E-state index contributed by atoms with van der Waals surface area (Å²) in [4.78, 5) is 24.8. The van der Waals surface area contributed by atoms with Crippen LogP contribution in [-0.2, 0) is 35.0 Å². The largest absolute Gasteiger partial charge is 0.464 e. The minimum atomic E-state index is -1.16. The van der Waals surface area contributed by atoms with Crippen LogP contribution in [0.3, 0.4) is 0 Å². The summed E-state index contributed by atoms with van der Waals surface area (Å²) in [5.74, 6) is 0.689. The summed E-state index contributed by atoms with van der Waals surface area (Å²) in [6.07, 6.45) is 13.4. The molecule has 1 aliphatic heterocycles. The van der Waals surface area contributed by atoms with Crippen molar-refractivity contribution in [3.63, 3.8) is 0 Å². The second kappa shape index (κ2) is 16.8. The van der Waals surface area contributed by atoms with Gasteiger partial charge in [-0.25, -0.2) is 9.59 Å². The maximum atomic E-state index is 12.4. The maximum absolute atomic E-state index is 12.4. The molecule has 1 saturated carbocycles. The molecule has 230 valence electrons. The SMILES string of the molecule is CCCCCC1CCC(CCCCc2ccc(-c3ccc(C4OC(C(=O)OCC)C(C(=O)OCC)O4)cc3)cc2)CC1. The van der Waals surface area contributed by atoms with Crippen LogP contribution in [0.1, 0.15) is 109 Å². The van der Waals surface area contributed by atoms with E-state index in [0.717, 1.165) is 34.9 Å². The van der Waals surface area contributed by atoms with Crippen LogP contribution in [-0.4, -0.2) is 37.4 Å². The molecule has 0 aromatic heterocycles. The zero-order valence-electron chi connectivity index (χ0n) is 25.9. The lowest BCUT2D eigenvalue weighted by atomic mass is 9.78. The van der Waals surface area contributed by atoms with Crippen molar-refractivity contribution >= 4 is 11.9 Å². The smallest absolute Gasteiger partial charge is 0.338 e. The molecule has 2 atom stereocenters. The third-order valence-electron chi connectivity index (χ3n) is 8.83. The number of benzene rings is 2. The highest BCUT2D eigenvalue weighted by Crippen LogP contribution is 2.35. The number of carbonyl (C=O) groups is 2. The molecule has 6 nitrogen and oxygen atoms in total. The Kier molecular flexibility index (Phi) is 12.9. The first-order chi connectivity index (χ1) is 20.5. The Morgan fingerprint density at radius 2 is 1.14 bits per heavy atom. The molecule has 42 heavy (non-hydrogen) atoms. The Morgan fingerprint density at radius 1 is 0.667 bits per heavy atom. The Morgan fingerprint density at radius 3 is 1.62 bits per heavy atom. The second-order valence-corrected chi connectivity index (χ2v) is 11.9. The number of unbranched alkanes of at least 4 members (excludes halogenated alkanes) is 3. The van der Waals surface area contributed by atoms with Gasteiger partial charge in [-0.05, 0) is 55.2 Å². The minimum absolute atomic E-state index is 0.187. The van der Waals surface area contributed by atoms with Gasteiger partial charge in [-0.15, -0.1) is 0 Å². The van der Waals surface area contributed by atoms with Crippen molar-refractivity contribution in [2.45, 2.75) is 116 Å². The molecule has 0 spiro atoms. The van der Waals surface area contributed by atoms with E-state index in [1.807, 2.05) is 24.3 Å². The second-order valence-electron chi connectivity index (χ2n) is 11.9. The Labute approximate surface area is 252 Å². The first kappa shape index (κ1) is 32.2. The molecule has 2 aromatic carbocycles. The van der Waals surface area contributed by atoms with E-state index in [-0.39, 0.29) is 13.2 Å². The van der Waals surface area contributed by atoms with Gasteiger partial charge in [-0.2, -0.15) is 0 Å². The van der Waals surface area contributed by atoms with Crippen molar-refractivity contribution in [3.05, 3.63) is 59.7 Å². The molecule has 1 aliphatic carbocycles. The van der Waals surface area contributed by atoms with Gasteiger partial charge in [0.15, 0.2) is 18.5 Å². The number of rotatable bonds is 15. The Balaban J connectivity index is 1.22. The Hall–Kier alpha value is -2.70. The molecule has 0 N–H and O–H groups in total. The third kappa shape index (κ3) is 9.15. The molecule has 2 unspecified atom stereocenters. The van der Waals surface area contributed by atoms with Gasteiger partial charge in [0.05, 0.1) is 13.2 Å². The van der Waals surface area contributed by atoms with Gasteiger partial charge in [0, 0.05) is 5.56 Å². The predicted molar refractivity (Wildman–Crippen MR) is 165 cm³/mol. The van der Waals surface area contributed by atoms with Crippen molar-refractivity contribution < 1.29 is 28.5 Å². The fourth-order valence-corrected chi connectivity index (χ4v) is 6.36. The van der Waals surface area contributed by atoms with Crippen molar-refractivity contribution in [3.8, 4) is 11.1 Å². The van der Waals surface area contributed by atoms with Crippen LogP contribution in [0.4, 0.5) is 0 Å². The molecular weight excluding hydrogens is 528 g/mol. The summed E-state index contributed by atoms with van der Waals surface area (Å²) in [5.41, 5.74) is 4.33. The van der Waals surface area contributed by atoms with Gasteiger partial charge in [0.25, 0.3) is 0 Å². The molecule has 0 bridgehead atoms. The minimum Gasteiger partial charge on any atom is -0.464 e. The number of hydrogen-bond acceptors (Lipinski definition) is 6. The van der Waals surface area contributed by atoms with Gasteiger partial charge in [-0.3, -0.25) is 0 Å². The van der Waals surface area contributed by atoms with E-state index in [1.165, 1.54) is 76.2 Å². The molecule has 1 heterocycles. The van der Waals surface area contributed by atoms with Gasteiger partial charge in [0.2, 0.25) is 0 Å². The zero-order chi connectivity index (χ0) is 29.7. The average molecular weight is 579 g/mol. The van der Waals surface area contributed by atoms with Crippen LogP contribution < -0.4 is 0 Å². The number of ether oxygens (including phenoxy) is 4. The lowest BCUT2D eigenvalue weighted by molar-refractivity contribution is -0.163. The van der Waals surface area contributed by atoms with Crippen LogP contribution in [0.2, 0.25) is 0 Å².